The van der Waals surface area contributed by atoms with E-state index < -0.39 is 0 Å². The van der Waals surface area contributed by atoms with E-state index in [1.807, 2.05) is 54.6 Å². The van der Waals surface area contributed by atoms with Gasteiger partial charge in [0.15, 0.2) is 0 Å². The number of nitrogen functional groups attached to an aromatic ring is 1. The molecule has 1 heterocycles. The number of amidine groups is 1. The summed E-state index contributed by atoms with van der Waals surface area (Å²) < 4.78 is 1.03. The number of hydrogen-bond donors (Lipinski definition) is 2. The van der Waals surface area contributed by atoms with E-state index in [2.05, 4.69) is 20.9 Å². The third-order valence-electron chi connectivity index (χ3n) is 3.00. The lowest BCUT2D eigenvalue weighted by atomic mass is 10.1. The lowest BCUT2D eigenvalue weighted by Crippen LogP contribution is -2.12. The molecule has 2 aromatic carbocycles. The zero-order valence-electron chi connectivity index (χ0n) is 11.0. The second-order valence-electron chi connectivity index (χ2n) is 4.50. The molecule has 0 aliphatic rings. The molecule has 0 unspecified atom stereocenters. The van der Waals surface area contributed by atoms with Crippen LogP contribution in [0.4, 0.5) is 0 Å². The van der Waals surface area contributed by atoms with Crippen LogP contribution in [-0.4, -0.2) is 10.8 Å². The first-order valence-electron chi connectivity index (χ1n) is 6.31. The number of rotatable bonds is 3. The van der Waals surface area contributed by atoms with Crippen LogP contribution in [0.3, 0.4) is 0 Å². The van der Waals surface area contributed by atoms with Gasteiger partial charge in [-0.1, -0.05) is 52.0 Å². The van der Waals surface area contributed by atoms with Crippen molar-refractivity contribution in [2.24, 2.45) is 5.73 Å². The summed E-state index contributed by atoms with van der Waals surface area (Å²) in [6.07, 6.45) is 0. The summed E-state index contributed by atoms with van der Waals surface area (Å²) in [5.41, 5.74) is 7.28. The van der Waals surface area contributed by atoms with Gasteiger partial charge in [-0.3, -0.25) is 5.41 Å². The topological polar surface area (TPSA) is 62.8 Å². The van der Waals surface area contributed by atoms with Crippen molar-refractivity contribution in [3.8, 4) is 0 Å². The lowest BCUT2D eigenvalue weighted by molar-refractivity contribution is 1.18. The fourth-order valence-electron chi connectivity index (χ4n) is 2.08. The van der Waals surface area contributed by atoms with Gasteiger partial charge < -0.3 is 5.73 Å². The molecule has 3 nitrogen and oxygen atoms in total. The number of halogens is 1. The molecule has 0 saturated heterocycles. The molecule has 1 aromatic heterocycles. The van der Waals surface area contributed by atoms with Crippen LogP contribution in [-0.2, 0) is 0 Å². The molecule has 0 saturated carbocycles. The summed E-state index contributed by atoms with van der Waals surface area (Å²) >= 11 is 5.02. The monoisotopic (exact) mass is 357 g/mol. The Morgan fingerprint density at radius 1 is 1.10 bits per heavy atom. The van der Waals surface area contributed by atoms with Crippen LogP contribution in [0.2, 0.25) is 0 Å². The van der Waals surface area contributed by atoms with E-state index in [1.54, 1.807) is 11.8 Å². The standard InChI is InChI=1S/C16H12BrN3S/c17-10-4-3-5-11(8-10)21-15-9-13(16(18)19)12-6-1-2-7-14(12)20-15/h1-9H,(H3,18,19). The number of fused-ring (bicyclic) bond motifs is 1. The number of para-hydroxylation sites is 1. The molecule has 0 atom stereocenters. The van der Waals surface area contributed by atoms with E-state index in [4.69, 9.17) is 11.1 Å². The van der Waals surface area contributed by atoms with Crippen molar-refractivity contribution < 1.29 is 0 Å². The fraction of sp³-hybridized carbons (Fsp3) is 0. The Morgan fingerprint density at radius 3 is 2.67 bits per heavy atom. The van der Waals surface area contributed by atoms with E-state index in [-0.39, 0.29) is 5.84 Å². The normalized spacial score (nSPS) is 10.7. The number of benzene rings is 2. The molecule has 0 bridgehead atoms. The molecule has 3 N–H and O–H groups in total. The molecule has 5 heteroatoms. The van der Waals surface area contributed by atoms with Crippen molar-refractivity contribution in [2.45, 2.75) is 9.92 Å². The summed E-state index contributed by atoms with van der Waals surface area (Å²) in [7, 11) is 0. The van der Waals surface area contributed by atoms with Crippen LogP contribution in [0.5, 0.6) is 0 Å². The number of hydrogen-bond acceptors (Lipinski definition) is 3. The van der Waals surface area contributed by atoms with E-state index >= 15 is 0 Å². The van der Waals surface area contributed by atoms with E-state index in [0.29, 0.717) is 0 Å². The second kappa shape index (κ2) is 5.87. The molecule has 104 valence electrons. The van der Waals surface area contributed by atoms with Gasteiger partial charge in [0.2, 0.25) is 0 Å². The molecule has 0 aliphatic heterocycles. The molecule has 0 spiro atoms. The van der Waals surface area contributed by atoms with Crippen LogP contribution in [0.25, 0.3) is 10.9 Å². The highest BCUT2D eigenvalue weighted by molar-refractivity contribution is 9.10. The van der Waals surface area contributed by atoms with E-state index in [0.717, 1.165) is 30.9 Å². The average Bonchev–Trinajstić information content (AvgIpc) is 2.46. The highest BCUT2D eigenvalue weighted by Gasteiger charge is 2.09. The SMILES string of the molecule is N=C(N)c1cc(Sc2cccc(Br)c2)nc2ccccc12. The van der Waals surface area contributed by atoms with Gasteiger partial charge in [-0.2, -0.15) is 0 Å². The smallest absolute Gasteiger partial charge is 0.123 e. The summed E-state index contributed by atoms with van der Waals surface area (Å²) in [6, 6.07) is 17.6. The molecule has 0 radical (unpaired) electrons. The largest absolute Gasteiger partial charge is 0.384 e. The van der Waals surface area contributed by atoms with Crippen LogP contribution in [0, 0.1) is 5.41 Å². The van der Waals surface area contributed by atoms with Crippen molar-refractivity contribution in [1.82, 2.24) is 4.98 Å². The van der Waals surface area contributed by atoms with Crippen LogP contribution in [0.1, 0.15) is 5.56 Å². The highest BCUT2D eigenvalue weighted by Crippen LogP contribution is 2.30. The minimum absolute atomic E-state index is 0.0599. The maximum Gasteiger partial charge on any atom is 0.123 e. The van der Waals surface area contributed by atoms with Crippen LogP contribution >= 0.6 is 27.7 Å². The van der Waals surface area contributed by atoms with Crippen molar-refractivity contribution in [2.75, 3.05) is 0 Å². The predicted molar refractivity (Wildman–Crippen MR) is 91.0 cm³/mol. The van der Waals surface area contributed by atoms with Gasteiger partial charge >= 0.3 is 0 Å². The number of pyridine rings is 1. The van der Waals surface area contributed by atoms with E-state index in [9.17, 15) is 0 Å². The fourth-order valence-corrected chi connectivity index (χ4v) is 3.52. The third kappa shape index (κ3) is 3.09. The maximum atomic E-state index is 7.76. The summed E-state index contributed by atoms with van der Waals surface area (Å²) in [5.74, 6) is 0.0599. The summed E-state index contributed by atoms with van der Waals surface area (Å²) in [6.45, 7) is 0. The Hall–Kier alpha value is -1.85. The Kier molecular flexibility index (Phi) is 3.94. The van der Waals surface area contributed by atoms with Crippen LogP contribution in [0.15, 0.2) is 69.0 Å². The summed E-state index contributed by atoms with van der Waals surface area (Å²) in [5, 5.41) is 9.50. The Balaban J connectivity index is 2.09. The number of aromatic nitrogens is 1. The first-order chi connectivity index (χ1) is 10.1. The summed E-state index contributed by atoms with van der Waals surface area (Å²) in [4.78, 5) is 5.72. The van der Waals surface area contributed by atoms with Gasteiger partial charge in [0, 0.05) is 20.3 Å². The Labute approximate surface area is 135 Å². The minimum atomic E-state index is 0.0599. The number of nitrogens with one attached hydrogen (secondary N) is 1. The van der Waals surface area contributed by atoms with Crippen molar-refractivity contribution in [3.63, 3.8) is 0 Å². The molecular formula is C16H12BrN3S. The lowest BCUT2D eigenvalue weighted by Gasteiger charge is -2.08. The third-order valence-corrected chi connectivity index (χ3v) is 4.40. The van der Waals surface area contributed by atoms with Gasteiger partial charge in [0.1, 0.15) is 10.9 Å². The van der Waals surface area contributed by atoms with Gasteiger partial charge in [-0.05, 0) is 30.3 Å². The van der Waals surface area contributed by atoms with Crippen molar-refractivity contribution >= 4 is 44.4 Å². The molecular weight excluding hydrogens is 346 g/mol. The number of nitrogens with zero attached hydrogens (tertiary/aromatic N) is 1. The van der Waals surface area contributed by atoms with Gasteiger partial charge in [0.05, 0.1) is 5.52 Å². The van der Waals surface area contributed by atoms with E-state index in [1.165, 1.54) is 0 Å². The Morgan fingerprint density at radius 2 is 1.90 bits per heavy atom. The molecule has 21 heavy (non-hydrogen) atoms. The van der Waals surface area contributed by atoms with Gasteiger partial charge in [-0.25, -0.2) is 4.98 Å². The second-order valence-corrected chi connectivity index (χ2v) is 6.51. The minimum Gasteiger partial charge on any atom is -0.384 e. The number of nitrogens with two attached hydrogens (primary N) is 1. The highest BCUT2D eigenvalue weighted by atomic mass is 79.9. The molecule has 3 rings (SSSR count). The quantitative estimate of drug-likeness (QED) is 0.538. The molecule has 0 aliphatic carbocycles. The molecule has 3 aromatic rings. The van der Waals surface area contributed by atoms with Gasteiger partial charge in [0.25, 0.3) is 0 Å². The first-order valence-corrected chi connectivity index (χ1v) is 7.92. The molecule has 0 fully saturated rings. The zero-order valence-corrected chi connectivity index (χ0v) is 13.4. The molecule has 0 amide bonds. The van der Waals surface area contributed by atoms with Crippen LogP contribution < -0.4 is 5.73 Å². The van der Waals surface area contributed by atoms with Gasteiger partial charge in [-0.15, -0.1) is 0 Å². The average molecular weight is 358 g/mol. The predicted octanol–water partition coefficient (Wildman–Crippen LogP) is 4.43. The maximum absolute atomic E-state index is 7.76. The Bertz CT molecular complexity index is 833. The zero-order chi connectivity index (χ0) is 14.8. The first kappa shape index (κ1) is 14.1. The van der Waals surface area contributed by atoms with Crippen molar-refractivity contribution in [1.29, 1.82) is 5.41 Å². The van der Waals surface area contributed by atoms with Crippen molar-refractivity contribution in [3.05, 3.63) is 64.6 Å².